The molecule has 2 aromatic rings. The molecule has 1 unspecified atom stereocenters. The Balaban J connectivity index is 1.40. The first-order valence-corrected chi connectivity index (χ1v) is 12.2. The van der Waals surface area contributed by atoms with Crippen LogP contribution in [-0.2, 0) is 19.6 Å². The lowest BCUT2D eigenvalue weighted by atomic mass is 10.1. The number of nitrogens with zero attached hydrogens (tertiary/aromatic N) is 3. The van der Waals surface area contributed by atoms with Crippen LogP contribution in [0.2, 0.25) is 0 Å². The normalized spacial score (nSPS) is 19.9. The number of benzene rings is 2. The van der Waals surface area contributed by atoms with E-state index in [9.17, 15) is 26.8 Å². The van der Waals surface area contributed by atoms with Gasteiger partial charge in [0.2, 0.25) is 21.8 Å². The molecule has 2 saturated heterocycles. The fraction of sp³-hybridized carbons (Fsp3) is 0.391. The molecule has 2 aromatic carbocycles. The monoisotopic (exact) mass is 477 g/mol. The van der Waals surface area contributed by atoms with E-state index in [1.165, 1.54) is 4.90 Å². The zero-order valence-electron chi connectivity index (χ0n) is 18.4. The van der Waals surface area contributed by atoms with Gasteiger partial charge in [0.25, 0.3) is 0 Å². The molecule has 0 aliphatic carbocycles. The average Bonchev–Trinajstić information content (AvgIpc) is 3.18. The van der Waals surface area contributed by atoms with Crippen molar-refractivity contribution < 1.29 is 26.8 Å². The first kappa shape index (κ1) is 23.3. The van der Waals surface area contributed by atoms with Crippen LogP contribution in [0.1, 0.15) is 17.5 Å². The lowest BCUT2D eigenvalue weighted by molar-refractivity contribution is -0.140. The van der Waals surface area contributed by atoms with Gasteiger partial charge in [0.15, 0.2) is 11.6 Å². The van der Waals surface area contributed by atoms with Gasteiger partial charge in [-0.15, -0.1) is 0 Å². The highest BCUT2D eigenvalue weighted by atomic mass is 32.2. The molecular weight excluding hydrogens is 452 g/mol. The smallest absolute Gasteiger partial charge is 0.243 e. The Kier molecular flexibility index (Phi) is 6.24. The highest BCUT2D eigenvalue weighted by molar-refractivity contribution is 7.89. The van der Waals surface area contributed by atoms with Crippen LogP contribution in [0.25, 0.3) is 0 Å². The van der Waals surface area contributed by atoms with Gasteiger partial charge in [-0.3, -0.25) is 9.59 Å². The van der Waals surface area contributed by atoms with E-state index < -0.39 is 27.6 Å². The van der Waals surface area contributed by atoms with Crippen LogP contribution in [0.4, 0.5) is 14.5 Å². The molecule has 0 spiro atoms. The van der Waals surface area contributed by atoms with Gasteiger partial charge >= 0.3 is 0 Å². The predicted octanol–water partition coefficient (Wildman–Crippen LogP) is 2.47. The third-order valence-corrected chi connectivity index (χ3v) is 8.28. The molecule has 0 saturated carbocycles. The van der Waals surface area contributed by atoms with E-state index in [-0.39, 0.29) is 42.9 Å². The Morgan fingerprint density at radius 2 is 1.61 bits per heavy atom. The van der Waals surface area contributed by atoms with Gasteiger partial charge in [0, 0.05) is 38.4 Å². The third kappa shape index (κ3) is 4.37. The van der Waals surface area contributed by atoms with Crippen LogP contribution in [-0.4, -0.2) is 62.2 Å². The largest absolute Gasteiger partial charge is 0.339 e. The SMILES string of the molecule is Cc1ccc(N2CCC(C(=O)N3CCN(S(=O)(=O)c4ccc(F)c(F)c4)CC3)C2=O)cc1C. The molecule has 2 heterocycles. The van der Waals surface area contributed by atoms with Crippen LogP contribution in [0.5, 0.6) is 0 Å². The summed E-state index contributed by atoms with van der Waals surface area (Å²) in [5.74, 6) is -3.71. The molecule has 10 heteroatoms. The zero-order chi connectivity index (χ0) is 23.9. The number of sulfonamides is 1. The van der Waals surface area contributed by atoms with Gasteiger partial charge in [-0.05, 0) is 61.7 Å². The van der Waals surface area contributed by atoms with Crippen molar-refractivity contribution >= 4 is 27.5 Å². The summed E-state index contributed by atoms with van der Waals surface area (Å²) in [5, 5.41) is 0. The Morgan fingerprint density at radius 3 is 2.24 bits per heavy atom. The van der Waals surface area contributed by atoms with Gasteiger partial charge in [-0.1, -0.05) is 6.07 Å². The van der Waals surface area contributed by atoms with Gasteiger partial charge in [0.05, 0.1) is 4.90 Å². The highest BCUT2D eigenvalue weighted by Crippen LogP contribution is 2.29. The van der Waals surface area contributed by atoms with E-state index in [2.05, 4.69) is 0 Å². The molecule has 0 aromatic heterocycles. The van der Waals surface area contributed by atoms with E-state index in [1.807, 2.05) is 32.0 Å². The minimum absolute atomic E-state index is 0.00878. The summed E-state index contributed by atoms with van der Waals surface area (Å²) in [6.07, 6.45) is 0.401. The Hall–Kier alpha value is -2.85. The van der Waals surface area contributed by atoms with Crippen molar-refractivity contribution in [3.05, 3.63) is 59.2 Å². The molecule has 0 radical (unpaired) electrons. The maximum absolute atomic E-state index is 13.5. The van der Waals surface area contributed by atoms with Gasteiger partial charge in [-0.2, -0.15) is 4.31 Å². The quantitative estimate of drug-likeness (QED) is 0.634. The molecule has 176 valence electrons. The summed E-state index contributed by atoms with van der Waals surface area (Å²) in [6.45, 7) is 4.66. The molecule has 4 rings (SSSR count). The molecule has 33 heavy (non-hydrogen) atoms. The van der Waals surface area contributed by atoms with E-state index >= 15 is 0 Å². The number of halogens is 2. The van der Waals surface area contributed by atoms with Crippen LogP contribution >= 0.6 is 0 Å². The standard InChI is InChI=1S/C23H25F2N3O4S/c1-15-3-4-17(13-16(15)2)28-8-7-19(23(28)30)22(29)26-9-11-27(12-10-26)33(31,32)18-5-6-20(24)21(25)14-18/h3-6,13-14,19H,7-12H2,1-2H3. The number of anilines is 1. The second-order valence-corrected chi connectivity index (χ2v) is 10.3. The summed E-state index contributed by atoms with van der Waals surface area (Å²) in [7, 11) is -4.02. The fourth-order valence-electron chi connectivity index (χ4n) is 4.21. The molecule has 0 N–H and O–H groups in total. The minimum Gasteiger partial charge on any atom is -0.339 e. The Labute approximate surface area is 191 Å². The second kappa shape index (κ2) is 8.83. The van der Waals surface area contributed by atoms with Crippen molar-refractivity contribution in [1.29, 1.82) is 0 Å². The number of aryl methyl sites for hydroxylation is 2. The zero-order valence-corrected chi connectivity index (χ0v) is 19.2. The average molecular weight is 478 g/mol. The van der Waals surface area contributed by atoms with Crippen LogP contribution in [0, 0.1) is 31.4 Å². The first-order valence-electron chi connectivity index (χ1n) is 10.7. The lowest BCUT2D eigenvalue weighted by Crippen LogP contribution is -2.52. The molecule has 2 aliphatic heterocycles. The third-order valence-electron chi connectivity index (χ3n) is 6.38. The summed E-state index contributed by atoms with van der Waals surface area (Å²) in [5.41, 5.74) is 2.95. The summed E-state index contributed by atoms with van der Waals surface area (Å²) < 4.78 is 53.3. The molecule has 2 aliphatic rings. The van der Waals surface area contributed by atoms with Gasteiger partial charge in [-0.25, -0.2) is 17.2 Å². The molecule has 2 amide bonds. The minimum atomic E-state index is -4.02. The van der Waals surface area contributed by atoms with Crippen molar-refractivity contribution in [3.63, 3.8) is 0 Å². The number of carbonyl (C=O) groups excluding carboxylic acids is 2. The molecule has 0 bridgehead atoms. The first-order chi connectivity index (χ1) is 15.6. The predicted molar refractivity (Wildman–Crippen MR) is 118 cm³/mol. The second-order valence-electron chi connectivity index (χ2n) is 8.40. The fourth-order valence-corrected chi connectivity index (χ4v) is 5.65. The maximum atomic E-state index is 13.5. The summed E-state index contributed by atoms with van der Waals surface area (Å²) in [6, 6.07) is 8.19. The molecule has 1 atom stereocenters. The van der Waals surface area contributed by atoms with Crippen molar-refractivity contribution in [1.82, 2.24) is 9.21 Å². The Bertz CT molecular complexity index is 1210. The molecular formula is C23H25F2N3O4S. The number of hydrogen-bond acceptors (Lipinski definition) is 4. The summed E-state index contributed by atoms with van der Waals surface area (Å²) in [4.78, 5) is 28.8. The van der Waals surface area contributed by atoms with E-state index in [1.54, 1.807) is 4.90 Å². The van der Waals surface area contributed by atoms with E-state index in [4.69, 9.17) is 0 Å². The molecule has 7 nitrogen and oxygen atoms in total. The van der Waals surface area contributed by atoms with Crippen molar-refractivity contribution in [2.75, 3.05) is 37.6 Å². The number of rotatable bonds is 4. The topological polar surface area (TPSA) is 78.0 Å². The number of carbonyl (C=O) groups is 2. The summed E-state index contributed by atoms with van der Waals surface area (Å²) >= 11 is 0. The number of amides is 2. The highest BCUT2D eigenvalue weighted by Gasteiger charge is 2.41. The van der Waals surface area contributed by atoms with Crippen molar-refractivity contribution in [3.8, 4) is 0 Å². The maximum Gasteiger partial charge on any atom is 0.243 e. The van der Waals surface area contributed by atoms with Crippen molar-refractivity contribution in [2.24, 2.45) is 5.92 Å². The van der Waals surface area contributed by atoms with E-state index in [0.29, 0.717) is 19.0 Å². The number of piperazine rings is 1. The lowest BCUT2D eigenvalue weighted by Gasteiger charge is -2.35. The van der Waals surface area contributed by atoms with Crippen LogP contribution < -0.4 is 4.90 Å². The van der Waals surface area contributed by atoms with Gasteiger partial charge in [0.1, 0.15) is 5.92 Å². The van der Waals surface area contributed by atoms with Crippen LogP contribution in [0.3, 0.4) is 0 Å². The van der Waals surface area contributed by atoms with Gasteiger partial charge < -0.3 is 9.80 Å². The molecule has 2 fully saturated rings. The van der Waals surface area contributed by atoms with E-state index in [0.717, 1.165) is 33.3 Å². The Morgan fingerprint density at radius 1 is 0.909 bits per heavy atom. The van der Waals surface area contributed by atoms with Crippen LogP contribution in [0.15, 0.2) is 41.3 Å². The number of hydrogen-bond donors (Lipinski definition) is 0. The van der Waals surface area contributed by atoms with Crippen molar-refractivity contribution in [2.45, 2.75) is 25.2 Å².